The van der Waals surface area contributed by atoms with Gasteiger partial charge in [-0.1, -0.05) is 6.07 Å². The minimum absolute atomic E-state index is 0.234. The second kappa shape index (κ2) is 3.77. The van der Waals surface area contributed by atoms with E-state index in [1.165, 1.54) is 7.11 Å². The summed E-state index contributed by atoms with van der Waals surface area (Å²) in [6.45, 7) is 1.23. The molecule has 0 aliphatic carbocycles. The van der Waals surface area contributed by atoms with Crippen molar-refractivity contribution < 1.29 is 14.4 Å². The highest BCUT2D eigenvalue weighted by Gasteiger charge is 2.13. The molecule has 1 amide bonds. The zero-order valence-electron chi connectivity index (χ0n) is 7.87. The van der Waals surface area contributed by atoms with Gasteiger partial charge in [0.1, 0.15) is 0 Å². The van der Waals surface area contributed by atoms with Crippen LogP contribution in [0.1, 0.15) is 21.5 Å². The largest absolute Gasteiger partial charge is 0.372 e. The van der Waals surface area contributed by atoms with Crippen molar-refractivity contribution in [3.05, 3.63) is 34.9 Å². The van der Waals surface area contributed by atoms with Gasteiger partial charge >= 0.3 is 0 Å². The van der Waals surface area contributed by atoms with Gasteiger partial charge in [-0.3, -0.25) is 9.63 Å². The number of fused-ring (bicyclic) bond motifs is 1. The molecule has 74 valence electrons. The molecule has 0 atom stereocenters. The fraction of sp³-hybridized carbons (Fsp3) is 0.300. The van der Waals surface area contributed by atoms with E-state index in [0.29, 0.717) is 18.8 Å². The Morgan fingerprint density at radius 2 is 2.21 bits per heavy atom. The van der Waals surface area contributed by atoms with Gasteiger partial charge in [0.15, 0.2) is 0 Å². The van der Waals surface area contributed by atoms with Crippen LogP contribution in [0.25, 0.3) is 0 Å². The van der Waals surface area contributed by atoms with Crippen LogP contribution >= 0.6 is 0 Å². The molecule has 0 saturated heterocycles. The van der Waals surface area contributed by atoms with Crippen LogP contribution in [0.3, 0.4) is 0 Å². The van der Waals surface area contributed by atoms with Crippen LogP contribution in [0.4, 0.5) is 0 Å². The molecule has 4 heteroatoms. The average molecular weight is 193 g/mol. The van der Waals surface area contributed by atoms with E-state index in [-0.39, 0.29) is 5.91 Å². The zero-order chi connectivity index (χ0) is 9.97. The Balaban J connectivity index is 2.24. The summed E-state index contributed by atoms with van der Waals surface area (Å²) in [7, 11) is 1.41. The first-order valence-corrected chi connectivity index (χ1v) is 4.34. The number of hydrogen-bond donors (Lipinski definition) is 1. The molecule has 0 radical (unpaired) electrons. The fourth-order valence-corrected chi connectivity index (χ4v) is 1.46. The molecule has 1 N–H and O–H groups in total. The molecule has 1 aliphatic heterocycles. The van der Waals surface area contributed by atoms with Gasteiger partial charge in [-0.15, -0.1) is 0 Å². The first-order chi connectivity index (χ1) is 6.81. The normalized spacial score (nSPS) is 13.8. The minimum Gasteiger partial charge on any atom is -0.372 e. The van der Waals surface area contributed by atoms with Gasteiger partial charge in [0, 0.05) is 5.56 Å². The van der Waals surface area contributed by atoms with Crippen LogP contribution in [0, 0.1) is 0 Å². The van der Waals surface area contributed by atoms with Gasteiger partial charge in [-0.05, 0) is 23.3 Å². The number of hydrogen-bond acceptors (Lipinski definition) is 3. The number of rotatable bonds is 2. The lowest BCUT2D eigenvalue weighted by Crippen LogP contribution is -2.21. The molecule has 4 nitrogen and oxygen atoms in total. The minimum atomic E-state index is -0.234. The van der Waals surface area contributed by atoms with Crippen LogP contribution in [-0.4, -0.2) is 13.0 Å². The molecule has 0 spiro atoms. The van der Waals surface area contributed by atoms with Crippen LogP contribution in [0.15, 0.2) is 18.2 Å². The number of benzene rings is 1. The van der Waals surface area contributed by atoms with Crippen LogP contribution in [0.2, 0.25) is 0 Å². The number of carbonyl (C=O) groups excluding carboxylic acids is 1. The predicted octanol–water partition coefficient (Wildman–Crippen LogP) is 1.01. The standard InChI is InChI=1S/C10H11NO3/c1-13-11-10(12)7-2-3-8-5-14-6-9(8)4-7/h2-4H,5-6H2,1H3,(H,11,12). The molecule has 2 rings (SSSR count). The summed E-state index contributed by atoms with van der Waals surface area (Å²) in [5.74, 6) is -0.234. The highest BCUT2D eigenvalue weighted by Crippen LogP contribution is 2.20. The molecule has 1 heterocycles. The fourth-order valence-electron chi connectivity index (χ4n) is 1.46. The van der Waals surface area contributed by atoms with Gasteiger partial charge in [0.25, 0.3) is 5.91 Å². The smallest absolute Gasteiger partial charge is 0.274 e. The summed E-state index contributed by atoms with van der Waals surface area (Å²) < 4.78 is 5.25. The van der Waals surface area contributed by atoms with Crippen molar-refractivity contribution in [1.29, 1.82) is 0 Å². The monoisotopic (exact) mass is 193 g/mol. The number of amides is 1. The van der Waals surface area contributed by atoms with Crippen molar-refractivity contribution in [1.82, 2.24) is 5.48 Å². The van der Waals surface area contributed by atoms with Gasteiger partial charge in [0.2, 0.25) is 0 Å². The Hall–Kier alpha value is -1.39. The Morgan fingerprint density at radius 1 is 1.43 bits per heavy atom. The van der Waals surface area contributed by atoms with E-state index in [2.05, 4.69) is 10.3 Å². The van der Waals surface area contributed by atoms with E-state index in [1.807, 2.05) is 12.1 Å². The van der Waals surface area contributed by atoms with Gasteiger partial charge in [0.05, 0.1) is 20.3 Å². The highest BCUT2D eigenvalue weighted by molar-refractivity contribution is 5.93. The number of nitrogens with one attached hydrogen (secondary N) is 1. The lowest BCUT2D eigenvalue weighted by Gasteiger charge is -2.03. The Labute approximate surface area is 81.8 Å². The summed E-state index contributed by atoms with van der Waals surface area (Å²) in [6, 6.07) is 5.51. The quantitative estimate of drug-likeness (QED) is 0.713. The molecule has 0 saturated carbocycles. The van der Waals surface area contributed by atoms with Crippen molar-refractivity contribution in [2.45, 2.75) is 13.2 Å². The maximum atomic E-state index is 11.4. The third kappa shape index (κ3) is 1.62. The van der Waals surface area contributed by atoms with E-state index < -0.39 is 0 Å². The van der Waals surface area contributed by atoms with Crippen LogP contribution < -0.4 is 5.48 Å². The summed E-state index contributed by atoms with van der Waals surface area (Å²) in [6.07, 6.45) is 0. The van der Waals surface area contributed by atoms with E-state index >= 15 is 0 Å². The average Bonchev–Trinajstić information content (AvgIpc) is 2.64. The van der Waals surface area contributed by atoms with E-state index in [4.69, 9.17) is 4.74 Å². The van der Waals surface area contributed by atoms with Crippen molar-refractivity contribution >= 4 is 5.91 Å². The van der Waals surface area contributed by atoms with Crippen molar-refractivity contribution in [3.8, 4) is 0 Å². The lowest BCUT2D eigenvalue weighted by atomic mass is 10.1. The van der Waals surface area contributed by atoms with Crippen LogP contribution in [-0.2, 0) is 22.8 Å². The second-order valence-corrected chi connectivity index (χ2v) is 3.11. The first kappa shape index (κ1) is 9.18. The van der Waals surface area contributed by atoms with E-state index in [9.17, 15) is 4.79 Å². The molecule has 14 heavy (non-hydrogen) atoms. The third-order valence-corrected chi connectivity index (χ3v) is 2.18. The Bertz CT molecular complexity index is 362. The first-order valence-electron chi connectivity index (χ1n) is 4.34. The summed E-state index contributed by atoms with van der Waals surface area (Å²) >= 11 is 0. The summed E-state index contributed by atoms with van der Waals surface area (Å²) in [4.78, 5) is 15.9. The van der Waals surface area contributed by atoms with Crippen LogP contribution in [0.5, 0.6) is 0 Å². The topological polar surface area (TPSA) is 47.6 Å². The molecule has 1 aromatic carbocycles. The SMILES string of the molecule is CONC(=O)c1ccc2c(c1)COC2. The van der Waals surface area contributed by atoms with E-state index in [1.54, 1.807) is 6.07 Å². The zero-order valence-corrected chi connectivity index (χ0v) is 7.87. The van der Waals surface area contributed by atoms with Crippen molar-refractivity contribution in [3.63, 3.8) is 0 Å². The molecule has 0 bridgehead atoms. The lowest BCUT2D eigenvalue weighted by molar-refractivity contribution is 0.0537. The van der Waals surface area contributed by atoms with Gasteiger partial charge in [-0.25, -0.2) is 5.48 Å². The van der Waals surface area contributed by atoms with Crippen molar-refractivity contribution in [2.75, 3.05) is 7.11 Å². The molecule has 0 unspecified atom stereocenters. The maximum absolute atomic E-state index is 11.4. The van der Waals surface area contributed by atoms with Crippen molar-refractivity contribution in [2.24, 2.45) is 0 Å². The summed E-state index contributed by atoms with van der Waals surface area (Å²) in [5.41, 5.74) is 5.10. The Morgan fingerprint density at radius 3 is 3.00 bits per heavy atom. The van der Waals surface area contributed by atoms with Gasteiger partial charge in [-0.2, -0.15) is 0 Å². The Kier molecular flexibility index (Phi) is 2.47. The molecular weight excluding hydrogens is 182 g/mol. The molecular formula is C10H11NO3. The molecule has 0 fully saturated rings. The third-order valence-electron chi connectivity index (χ3n) is 2.18. The predicted molar refractivity (Wildman–Crippen MR) is 49.4 cm³/mol. The summed E-state index contributed by atoms with van der Waals surface area (Å²) in [5, 5.41) is 0. The van der Waals surface area contributed by atoms with E-state index in [0.717, 1.165) is 11.1 Å². The number of ether oxygens (including phenoxy) is 1. The maximum Gasteiger partial charge on any atom is 0.274 e. The molecule has 1 aliphatic rings. The number of hydroxylamine groups is 1. The number of carbonyl (C=O) groups is 1. The molecule has 1 aromatic rings. The van der Waals surface area contributed by atoms with Gasteiger partial charge < -0.3 is 4.74 Å². The highest BCUT2D eigenvalue weighted by atomic mass is 16.6. The molecule has 0 aromatic heterocycles. The second-order valence-electron chi connectivity index (χ2n) is 3.11.